The SMILES string of the molecule is CCCN(CCN(CC(=O)O)CC(Cc1ccc(NC(=O)/C=C\C(=O)NC)cc1)N(CCC)CC(=O)O)CC(=O)O. The van der Waals surface area contributed by atoms with Gasteiger partial charge in [0, 0.05) is 50.6 Å². The molecule has 0 bridgehead atoms. The summed E-state index contributed by atoms with van der Waals surface area (Å²) in [5.74, 6) is -3.86. The van der Waals surface area contributed by atoms with Crippen LogP contribution in [0.2, 0.25) is 0 Å². The van der Waals surface area contributed by atoms with E-state index < -0.39 is 29.7 Å². The first-order valence-electron chi connectivity index (χ1n) is 13.6. The molecule has 0 aliphatic heterocycles. The highest BCUT2D eigenvalue weighted by Crippen LogP contribution is 2.16. The van der Waals surface area contributed by atoms with Gasteiger partial charge in [0.25, 0.3) is 0 Å². The van der Waals surface area contributed by atoms with E-state index in [1.807, 2.05) is 18.7 Å². The summed E-state index contributed by atoms with van der Waals surface area (Å²) in [7, 11) is 1.45. The van der Waals surface area contributed by atoms with E-state index in [1.54, 1.807) is 34.1 Å². The van der Waals surface area contributed by atoms with E-state index in [-0.39, 0.29) is 32.2 Å². The number of benzene rings is 1. The number of nitrogens with zero attached hydrogens (tertiary/aromatic N) is 3. The summed E-state index contributed by atoms with van der Waals surface area (Å²) in [6.07, 6.45) is 4.10. The molecule has 13 nitrogen and oxygen atoms in total. The number of carbonyl (C=O) groups is 5. The van der Waals surface area contributed by atoms with E-state index in [4.69, 9.17) is 0 Å². The van der Waals surface area contributed by atoms with Gasteiger partial charge in [-0.2, -0.15) is 0 Å². The summed E-state index contributed by atoms with van der Waals surface area (Å²) in [6, 6.07) is 6.65. The minimum absolute atomic E-state index is 0.149. The number of nitrogens with one attached hydrogen (secondary N) is 2. The van der Waals surface area contributed by atoms with E-state index in [2.05, 4.69) is 10.6 Å². The van der Waals surface area contributed by atoms with Crippen LogP contribution in [0.25, 0.3) is 0 Å². The van der Waals surface area contributed by atoms with Crippen LogP contribution in [0.1, 0.15) is 32.3 Å². The van der Waals surface area contributed by atoms with Crippen LogP contribution in [0.15, 0.2) is 36.4 Å². The first-order chi connectivity index (χ1) is 19.5. The van der Waals surface area contributed by atoms with Crippen LogP contribution in [0.5, 0.6) is 0 Å². The van der Waals surface area contributed by atoms with Crippen molar-refractivity contribution in [2.75, 3.05) is 64.7 Å². The number of hydrogen-bond donors (Lipinski definition) is 5. The molecule has 0 spiro atoms. The van der Waals surface area contributed by atoms with Gasteiger partial charge < -0.3 is 26.0 Å². The maximum Gasteiger partial charge on any atom is 0.317 e. The number of carboxylic acid groups (broad SMARTS) is 3. The molecule has 0 radical (unpaired) electrons. The fraction of sp³-hybridized carbons (Fsp3) is 0.536. The van der Waals surface area contributed by atoms with Crippen LogP contribution in [-0.2, 0) is 30.4 Å². The third-order valence-corrected chi connectivity index (χ3v) is 6.15. The number of aliphatic carboxylic acids is 3. The first-order valence-corrected chi connectivity index (χ1v) is 13.6. The van der Waals surface area contributed by atoms with Crippen LogP contribution in [0.4, 0.5) is 5.69 Å². The third kappa shape index (κ3) is 15.5. The molecule has 1 aromatic carbocycles. The van der Waals surface area contributed by atoms with E-state index >= 15 is 0 Å². The van der Waals surface area contributed by atoms with Crippen molar-refractivity contribution >= 4 is 35.4 Å². The van der Waals surface area contributed by atoms with Gasteiger partial charge >= 0.3 is 17.9 Å². The van der Waals surface area contributed by atoms with Gasteiger partial charge in [-0.05, 0) is 50.0 Å². The fourth-order valence-corrected chi connectivity index (χ4v) is 4.36. The second-order valence-corrected chi connectivity index (χ2v) is 9.65. The zero-order valence-corrected chi connectivity index (χ0v) is 24.0. The van der Waals surface area contributed by atoms with Crippen molar-refractivity contribution < 1.29 is 39.3 Å². The third-order valence-electron chi connectivity index (χ3n) is 6.15. The second-order valence-electron chi connectivity index (χ2n) is 9.65. The van der Waals surface area contributed by atoms with E-state index in [0.717, 1.165) is 24.1 Å². The van der Waals surface area contributed by atoms with Crippen LogP contribution in [0, 0.1) is 0 Å². The zero-order chi connectivity index (χ0) is 30.8. The number of likely N-dealkylation sites (N-methyl/N-ethyl adjacent to an activating group) is 1. The summed E-state index contributed by atoms with van der Waals surface area (Å²) < 4.78 is 0. The van der Waals surface area contributed by atoms with Gasteiger partial charge in [0.2, 0.25) is 11.8 Å². The molecule has 0 aliphatic rings. The number of carboxylic acids is 3. The average Bonchev–Trinajstić information content (AvgIpc) is 2.90. The smallest absolute Gasteiger partial charge is 0.317 e. The molecule has 0 heterocycles. The number of hydrogen-bond acceptors (Lipinski definition) is 8. The predicted molar refractivity (Wildman–Crippen MR) is 154 cm³/mol. The second kappa shape index (κ2) is 19.3. The summed E-state index contributed by atoms with van der Waals surface area (Å²) in [4.78, 5) is 63.2. The van der Waals surface area contributed by atoms with Crippen molar-refractivity contribution in [3.63, 3.8) is 0 Å². The number of anilines is 1. The Balaban J connectivity index is 3.13. The predicted octanol–water partition coefficient (Wildman–Crippen LogP) is 0.818. The molecule has 0 saturated carbocycles. The lowest BCUT2D eigenvalue weighted by atomic mass is 10.0. The Morgan fingerprint density at radius 3 is 1.83 bits per heavy atom. The highest BCUT2D eigenvalue weighted by atomic mass is 16.4. The summed E-state index contributed by atoms with van der Waals surface area (Å²) >= 11 is 0. The lowest BCUT2D eigenvalue weighted by molar-refractivity contribution is -0.141. The average molecular weight is 578 g/mol. The van der Waals surface area contributed by atoms with Crippen molar-refractivity contribution in [3.05, 3.63) is 42.0 Å². The lowest BCUT2D eigenvalue weighted by Crippen LogP contribution is -2.50. The molecule has 0 saturated heterocycles. The molecule has 2 amide bonds. The van der Waals surface area contributed by atoms with E-state index in [9.17, 15) is 39.3 Å². The maximum atomic E-state index is 12.0. The minimum Gasteiger partial charge on any atom is -0.480 e. The van der Waals surface area contributed by atoms with Crippen LogP contribution in [-0.4, -0.2) is 125 Å². The van der Waals surface area contributed by atoms with Gasteiger partial charge in [-0.3, -0.25) is 38.7 Å². The van der Waals surface area contributed by atoms with Crippen molar-refractivity contribution in [3.8, 4) is 0 Å². The standard InChI is InChI=1S/C28H43N5O8/c1-4-12-31(18-26(36)37)14-15-32(19-27(38)39)17-23(33(13-5-2)20-28(40)41)16-21-6-8-22(9-7-21)30-25(35)11-10-24(34)29-3/h6-11,23H,4-5,12-20H2,1-3H3,(H,29,34)(H,30,35)(H,36,37)(H,38,39)(H,40,41)/b11-10-. The highest BCUT2D eigenvalue weighted by Gasteiger charge is 2.25. The number of carbonyl (C=O) groups excluding carboxylic acids is 2. The number of rotatable bonds is 21. The van der Waals surface area contributed by atoms with Gasteiger partial charge in [0.05, 0.1) is 19.6 Å². The van der Waals surface area contributed by atoms with Crippen LogP contribution >= 0.6 is 0 Å². The molecule has 1 aromatic rings. The molecule has 228 valence electrons. The van der Waals surface area contributed by atoms with Crippen LogP contribution < -0.4 is 10.6 Å². The molecular formula is C28H43N5O8. The monoisotopic (exact) mass is 577 g/mol. The zero-order valence-electron chi connectivity index (χ0n) is 24.0. The summed E-state index contributed by atoms with van der Waals surface area (Å²) in [5.41, 5.74) is 1.36. The fourth-order valence-electron chi connectivity index (χ4n) is 4.36. The van der Waals surface area contributed by atoms with Crippen molar-refractivity contribution in [2.45, 2.75) is 39.2 Å². The first kappa shape index (κ1) is 35.2. The summed E-state index contributed by atoms with van der Waals surface area (Å²) in [6.45, 7) is 5.20. The van der Waals surface area contributed by atoms with E-state index in [1.165, 1.54) is 7.05 Å². The quantitative estimate of drug-likeness (QED) is 0.131. The molecule has 5 N–H and O–H groups in total. The normalized spacial score (nSPS) is 12.1. The Morgan fingerprint density at radius 1 is 0.756 bits per heavy atom. The Bertz CT molecular complexity index is 1030. The van der Waals surface area contributed by atoms with Gasteiger partial charge in [-0.1, -0.05) is 26.0 Å². The van der Waals surface area contributed by atoms with Crippen molar-refractivity contribution in [1.29, 1.82) is 0 Å². The minimum atomic E-state index is -1.03. The van der Waals surface area contributed by atoms with Gasteiger partial charge in [-0.15, -0.1) is 0 Å². The largest absolute Gasteiger partial charge is 0.480 e. The summed E-state index contributed by atoms with van der Waals surface area (Å²) in [5, 5.41) is 33.4. The molecule has 1 unspecified atom stereocenters. The van der Waals surface area contributed by atoms with Gasteiger partial charge in [0.15, 0.2) is 0 Å². The molecule has 0 aromatic heterocycles. The molecular weight excluding hydrogens is 534 g/mol. The molecule has 0 aliphatic carbocycles. The molecule has 1 atom stereocenters. The molecule has 41 heavy (non-hydrogen) atoms. The Hall–Kier alpha value is -3.81. The van der Waals surface area contributed by atoms with Gasteiger partial charge in [0.1, 0.15) is 0 Å². The lowest BCUT2D eigenvalue weighted by Gasteiger charge is -2.35. The molecule has 1 rings (SSSR count). The molecule has 0 fully saturated rings. The van der Waals surface area contributed by atoms with Gasteiger partial charge in [-0.25, -0.2) is 0 Å². The maximum absolute atomic E-state index is 12.0. The highest BCUT2D eigenvalue weighted by molar-refractivity contribution is 6.03. The Morgan fingerprint density at radius 2 is 1.29 bits per heavy atom. The Kier molecular flexibility index (Phi) is 16.6. The Labute approximate surface area is 240 Å². The van der Waals surface area contributed by atoms with Crippen molar-refractivity contribution in [2.24, 2.45) is 0 Å². The van der Waals surface area contributed by atoms with E-state index in [0.29, 0.717) is 44.7 Å². The number of amides is 2. The van der Waals surface area contributed by atoms with Crippen LogP contribution in [0.3, 0.4) is 0 Å². The van der Waals surface area contributed by atoms with Crippen molar-refractivity contribution in [1.82, 2.24) is 20.0 Å². The molecule has 13 heteroatoms. The topological polar surface area (TPSA) is 180 Å².